The minimum atomic E-state index is 0.188. The lowest BCUT2D eigenvalue weighted by Gasteiger charge is -2.32. The summed E-state index contributed by atoms with van der Waals surface area (Å²) < 4.78 is 5.18. The summed E-state index contributed by atoms with van der Waals surface area (Å²) in [6.45, 7) is 5.40. The van der Waals surface area contributed by atoms with Crippen LogP contribution in [0.25, 0.3) is 0 Å². The summed E-state index contributed by atoms with van der Waals surface area (Å²) in [5.74, 6) is 0. The molecule has 2 unspecified atom stereocenters. The zero-order chi connectivity index (χ0) is 12.8. The first-order valence-electron chi connectivity index (χ1n) is 5.93. The van der Waals surface area contributed by atoms with Crippen molar-refractivity contribution in [1.82, 2.24) is 9.88 Å². The molecule has 0 spiro atoms. The SMILES string of the molecule is COCC(C)N(C)C(CN)c1ccc(C)nc1. The highest BCUT2D eigenvalue weighted by Gasteiger charge is 2.20. The third-order valence-electron chi connectivity index (χ3n) is 3.14. The Morgan fingerprint density at radius 2 is 2.18 bits per heavy atom. The molecule has 4 nitrogen and oxygen atoms in total. The highest BCUT2D eigenvalue weighted by molar-refractivity contribution is 5.17. The summed E-state index contributed by atoms with van der Waals surface area (Å²) in [4.78, 5) is 6.55. The molecule has 4 heteroatoms. The zero-order valence-corrected chi connectivity index (χ0v) is 11.2. The number of aromatic nitrogens is 1. The highest BCUT2D eigenvalue weighted by Crippen LogP contribution is 2.19. The average molecular weight is 237 g/mol. The predicted molar refractivity (Wildman–Crippen MR) is 69.9 cm³/mol. The van der Waals surface area contributed by atoms with E-state index in [2.05, 4.69) is 29.9 Å². The van der Waals surface area contributed by atoms with E-state index in [4.69, 9.17) is 10.5 Å². The Hall–Kier alpha value is -0.970. The van der Waals surface area contributed by atoms with E-state index in [0.29, 0.717) is 19.2 Å². The van der Waals surface area contributed by atoms with E-state index >= 15 is 0 Å². The van der Waals surface area contributed by atoms with E-state index in [9.17, 15) is 0 Å². The van der Waals surface area contributed by atoms with Gasteiger partial charge in [-0.15, -0.1) is 0 Å². The van der Waals surface area contributed by atoms with Crippen molar-refractivity contribution in [3.63, 3.8) is 0 Å². The molecule has 0 aliphatic heterocycles. The molecule has 2 atom stereocenters. The minimum Gasteiger partial charge on any atom is -0.383 e. The minimum absolute atomic E-state index is 0.188. The molecule has 1 aromatic rings. The van der Waals surface area contributed by atoms with Gasteiger partial charge in [0.25, 0.3) is 0 Å². The lowest BCUT2D eigenvalue weighted by molar-refractivity contribution is 0.0909. The number of nitrogens with two attached hydrogens (primary N) is 1. The molecule has 1 rings (SSSR count). The van der Waals surface area contributed by atoms with E-state index in [0.717, 1.165) is 11.3 Å². The normalized spacial score (nSPS) is 14.9. The smallest absolute Gasteiger partial charge is 0.0615 e. The summed E-state index contributed by atoms with van der Waals surface area (Å²) in [6, 6.07) is 4.63. The Kier molecular flexibility index (Phi) is 5.55. The molecule has 1 aromatic heterocycles. The fourth-order valence-corrected chi connectivity index (χ4v) is 1.88. The first-order chi connectivity index (χ1) is 8.10. The van der Waals surface area contributed by atoms with E-state index in [1.54, 1.807) is 7.11 Å². The van der Waals surface area contributed by atoms with Crippen LogP contribution in [0.4, 0.5) is 0 Å². The van der Waals surface area contributed by atoms with Gasteiger partial charge in [0.2, 0.25) is 0 Å². The van der Waals surface area contributed by atoms with Gasteiger partial charge >= 0.3 is 0 Å². The molecule has 0 saturated carbocycles. The monoisotopic (exact) mass is 237 g/mol. The van der Waals surface area contributed by atoms with Crippen molar-refractivity contribution in [2.45, 2.75) is 25.9 Å². The standard InChI is InChI=1S/C13H23N3O/c1-10-5-6-12(8-15-10)13(7-14)16(3)11(2)9-17-4/h5-6,8,11,13H,7,9,14H2,1-4H3. The summed E-state index contributed by atoms with van der Waals surface area (Å²) in [5.41, 5.74) is 8.05. The van der Waals surface area contributed by atoms with Crippen LogP contribution in [-0.2, 0) is 4.74 Å². The third-order valence-corrected chi connectivity index (χ3v) is 3.14. The number of aryl methyl sites for hydroxylation is 1. The lowest BCUT2D eigenvalue weighted by Crippen LogP contribution is -2.39. The van der Waals surface area contributed by atoms with Crippen molar-refractivity contribution in [3.8, 4) is 0 Å². The molecule has 17 heavy (non-hydrogen) atoms. The molecular formula is C13H23N3O. The number of ether oxygens (including phenoxy) is 1. The van der Waals surface area contributed by atoms with E-state index in [1.165, 1.54) is 0 Å². The molecule has 96 valence electrons. The molecule has 0 fully saturated rings. The van der Waals surface area contributed by atoms with E-state index < -0.39 is 0 Å². The van der Waals surface area contributed by atoms with Crippen LogP contribution in [0.1, 0.15) is 24.2 Å². The van der Waals surface area contributed by atoms with Gasteiger partial charge in [0.05, 0.1) is 6.61 Å². The molecule has 0 radical (unpaired) electrons. The number of pyridine rings is 1. The maximum absolute atomic E-state index is 5.87. The average Bonchev–Trinajstić information content (AvgIpc) is 2.32. The Morgan fingerprint density at radius 1 is 1.47 bits per heavy atom. The Labute approximate surface area is 104 Å². The third kappa shape index (κ3) is 3.77. The largest absolute Gasteiger partial charge is 0.383 e. The van der Waals surface area contributed by atoms with Crippen LogP contribution in [-0.4, -0.2) is 43.2 Å². The van der Waals surface area contributed by atoms with Crippen LogP contribution in [0.15, 0.2) is 18.3 Å². The Balaban J connectivity index is 2.79. The maximum atomic E-state index is 5.87. The number of likely N-dealkylation sites (N-methyl/N-ethyl adjacent to an activating group) is 1. The second-order valence-corrected chi connectivity index (χ2v) is 4.45. The van der Waals surface area contributed by atoms with Gasteiger partial charge in [-0.3, -0.25) is 9.88 Å². The topological polar surface area (TPSA) is 51.4 Å². The summed E-state index contributed by atoms with van der Waals surface area (Å²) >= 11 is 0. The van der Waals surface area contributed by atoms with Crippen molar-refractivity contribution < 1.29 is 4.74 Å². The molecule has 0 aliphatic rings. The number of rotatable bonds is 6. The predicted octanol–water partition coefficient (Wildman–Crippen LogP) is 1.36. The van der Waals surface area contributed by atoms with Crippen LogP contribution in [0.5, 0.6) is 0 Å². The van der Waals surface area contributed by atoms with E-state index in [-0.39, 0.29) is 6.04 Å². The Bertz CT molecular complexity index is 326. The molecule has 0 bridgehead atoms. The molecule has 0 saturated heterocycles. The first kappa shape index (κ1) is 14.1. The molecule has 1 heterocycles. The second kappa shape index (κ2) is 6.69. The van der Waals surface area contributed by atoms with E-state index in [1.807, 2.05) is 19.2 Å². The van der Waals surface area contributed by atoms with Crippen LogP contribution < -0.4 is 5.73 Å². The summed E-state index contributed by atoms with van der Waals surface area (Å²) in [5, 5.41) is 0. The van der Waals surface area contributed by atoms with Crippen molar-refractivity contribution in [2.75, 3.05) is 27.3 Å². The maximum Gasteiger partial charge on any atom is 0.0615 e. The quantitative estimate of drug-likeness (QED) is 0.811. The lowest BCUT2D eigenvalue weighted by atomic mass is 10.1. The second-order valence-electron chi connectivity index (χ2n) is 4.45. The first-order valence-corrected chi connectivity index (χ1v) is 5.93. The van der Waals surface area contributed by atoms with Crippen LogP contribution in [0, 0.1) is 6.92 Å². The number of hydrogen-bond acceptors (Lipinski definition) is 4. The molecule has 2 N–H and O–H groups in total. The van der Waals surface area contributed by atoms with Gasteiger partial charge in [-0.1, -0.05) is 6.07 Å². The summed E-state index contributed by atoms with van der Waals surface area (Å²) in [7, 11) is 3.79. The number of hydrogen-bond donors (Lipinski definition) is 1. The fourth-order valence-electron chi connectivity index (χ4n) is 1.88. The highest BCUT2D eigenvalue weighted by atomic mass is 16.5. The van der Waals surface area contributed by atoms with Gasteiger partial charge in [-0.25, -0.2) is 0 Å². The van der Waals surface area contributed by atoms with Crippen molar-refractivity contribution in [2.24, 2.45) is 5.73 Å². The van der Waals surface area contributed by atoms with Gasteiger partial charge in [0.15, 0.2) is 0 Å². The van der Waals surface area contributed by atoms with Gasteiger partial charge in [-0.2, -0.15) is 0 Å². The van der Waals surface area contributed by atoms with Crippen LogP contribution >= 0.6 is 0 Å². The van der Waals surface area contributed by atoms with Gasteiger partial charge in [0.1, 0.15) is 0 Å². The fraction of sp³-hybridized carbons (Fsp3) is 0.615. The van der Waals surface area contributed by atoms with Gasteiger partial charge in [0, 0.05) is 37.6 Å². The Morgan fingerprint density at radius 3 is 2.65 bits per heavy atom. The van der Waals surface area contributed by atoms with Crippen LogP contribution in [0.3, 0.4) is 0 Å². The van der Waals surface area contributed by atoms with Crippen LogP contribution in [0.2, 0.25) is 0 Å². The molecule has 0 aromatic carbocycles. The van der Waals surface area contributed by atoms with Crippen molar-refractivity contribution in [1.29, 1.82) is 0 Å². The molecular weight excluding hydrogens is 214 g/mol. The number of nitrogens with zero attached hydrogens (tertiary/aromatic N) is 2. The number of methoxy groups -OCH3 is 1. The van der Waals surface area contributed by atoms with Gasteiger partial charge < -0.3 is 10.5 Å². The summed E-state index contributed by atoms with van der Waals surface area (Å²) in [6.07, 6.45) is 1.91. The van der Waals surface area contributed by atoms with Crippen molar-refractivity contribution in [3.05, 3.63) is 29.6 Å². The molecule has 0 aliphatic carbocycles. The van der Waals surface area contributed by atoms with Gasteiger partial charge in [-0.05, 0) is 32.5 Å². The molecule has 0 amide bonds. The van der Waals surface area contributed by atoms with Crippen molar-refractivity contribution >= 4 is 0 Å². The zero-order valence-electron chi connectivity index (χ0n) is 11.2.